The highest BCUT2D eigenvalue weighted by molar-refractivity contribution is 7.90. The number of nitrogens with one attached hydrogen (secondary N) is 1. The maximum absolute atomic E-state index is 12.2. The SMILES string of the molecule is Cc1cnn(C)c1S(=O)(=O)NC(=O)C1C[C@@H]2C[C@@H]2C1. The number of carbonyl (C=O) groups excluding carboxylic acids is 1. The molecule has 1 unspecified atom stereocenters. The molecule has 3 atom stereocenters. The van der Waals surface area contributed by atoms with E-state index in [0.29, 0.717) is 17.4 Å². The fourth-order valence-corrected chi connectivity index (χ4v) is 4.51. The second-order valence-electron chi connectivity index (χ2n) is 5.65. The average molecular weight is 283 g/mol. The lowest BCUT2D eigenvalue weighted by Gasteiger charge is -2.13. The normalized spacial score (nSPS) is 29.1. The number of rotatable bonds is 3. The van der Waals surface area contributed by atoms with E-state index in [1.807, 2.05) is 0 Å². The monoisotopic (exact) mass is 283 g/mol. The van der Waals surface area contributed by atoms with Gasteiger partial charge in [-0.3, -0.25) is 9.48 Å². The van der Waals surface area contributed by atoms with Crippen LogP contribution in [0.25, 0.3) is 0 Å². The van der Waals surface area contributed by atoms with Crippen LogP contribution >= 0.6 is 0 Å². The van der Waals surface area contributed by atoms with Crippen molar-refractivity contribution in [3.63, 3.8) is 0 Å². The number of sulfonamides is 1. The molecule has 1 aromatic heterocycles. The van der Waals surface area contributed by atoms with Crippen molar-refractivity contribution in [2.24, 2.45) is 24.8 Å². The summed E-state index contributed by atoms with van der Waals surface area (Å²) < 4.78 is 27.9. The summed E-state index contributed by atoms with van der Waals surface area (Å²) in [6.07, 6.45) is 4.34. The second-order valence-corrected chi connectivity index (χ2v) is 7.25. The Kier molecular flexibility index (Phi) is 2.70. The van der Waals surface area contributed by atoms with E-state index >= 15 is 0 Å². The van der Waals surface area contributed by atoms with Gasteiger partial charge in [-0.1, -0.05) is 0 Å². The van der Waals surface area contributed by atoms with Gasteiger partial charge >= 0.3 is 0 Å². The van der Waals surface area contributed by atoms with Crippen LogP contribution in [0.3, 0.4) is 0 Å². The van der Waals surface area contributed by atoms with Gasteiger partial charge in [0, 0.05) is 18.5 Å². The summed E-state index contributed by atoms with van der Waals surface area (Å²) >= 11 is 0. The Morgan fingerprint density at radius 3 is 2.53 bits per heavy atom. The molecule has 19 heavy (non-hydrogen) atoms. The van der Waals surface area contributed by atoms with Gasteiger partial charge in [-0.05, 0) is 38.0 Å². The van der Waals surface area contributed by atoms with E-state index in [0.717, 1.165) is 12.8 Å². The number of fused-ring (bicyclic) bond motifs is 1. The Morgan fingerprint density at radius 1 is 1.37 bits per heavy atom. The minimum atomic E-state index is -3.82. The van der Waals surface area contributed by atoms with Crippen molar-refractivity contribution in [1.82, 2.24) is 14.5 Å². The summed E-state index contributed by atoms with van der Waals surface area (Å²) in [5, 5.41) is 3.95. The minimum absolute atomic E-state index is 0.0593. The number of nitrogens with zero attached hydrogens (tertiary/aromatic N) is 2. The Labute approximate surface area is 112 Å². The lowest BCUT2D eigenvalue weighted by Crippen LogP contribution is -2.36. The molecule has 2 aliphatic rings. The van der Waals surface area contributed by atoms with Crippen LogP contribution in [0.2, 0.25) is 0 Å². The molecule has 1 N–H and O–H groups in total. The molecule has 6 nitrogen and oxygen atoms in total. The van der Waals surface area contributed by atoms with Gasteiger partial charge in [0.25, 0.3) is 10.0 Å². The third kappa shape index (κ3) is 2.16. The lowest BCUT2D eigenvalue weighted by atomic mass is 10.0. The van der Waals surface area contributed by atoms with Crippen LogP contribution in [-0.4, -0.2) is 24.1 Å². The van der Waals surface area contributed by atoms with Crippen LogP contribution in [0.4, 0.5) is 0 Å². The van der Waals surface area contributed by atoms with Gasteiger partial charge in [-0.15, -0.1) is 0 Å². The zero-order valence-electron chi connectivity index (χ0n) is 11.0. The van der Waals surface area contributed by atoms with Crippen LogP contribution in [0.15, 0.2) is 11.2 Å². The first-order chi connectivity index (χ1) is 8.88. The number of amides is 1. The van der Waals surface area contributed by atoms with Gasteiger partial charge < -0.3 is 0 Å². The highest BCUT2D eigenvalue weighted by atomic mass is 32.2. The smallest absolute Gasteiger partial charge is 0.274 e. The van der Waals surface area contributed by atoms with Gasteiger partial charge in [0.1, 0.15) is 0 Å². The molecule has 1 aromatic rings. The summed E-state index contributed by atoms with van der Waals surface area (Å²) in [5.74, 6) is 0.786. The molecular weight excluding hydrogens is 266 g/mol. The average Bonchev–Trinajstić information content (AvgIpc) is 2.75. The van der Waals surface area contributed by atoms with Crippen LogP contribution in [-0.2, 0) is 21.9 Å². The van der Waals surface area contributed by atoms with Crippen LogP contribution in [0, 0.1) is 24.7 Å². The minimum Gasteiger partial charge on any atom is -0.274 e. The van der Waals surface area contributed by atoms with Crippen molar-refractivity contribution in [3.05, 3.63) is 11.8 Å². The number of aromatic nitrogens is 2. The Morgan fingerprint density at radius 2 is 2.00 bits per heavy atom. The molecule has 0 saturated heterocycles. The molecule has 2 fully saturated rings. The van der Waals surface area contributed by atoms with Gasteiger partial charge in [0.15, 0.2) is 5.03 Å². The van der Waals surface area contributed by atoms with E-state index in [9.17, 15) is 13.2 Å². The summed E-state index contributed by atoms with van der Waals surface area (Å²) in [7, 11) is -2.26. The van der Waals surface area contributed by atoms with E-state index in [-0.39, 0.29) is 16.9 Å². The summed E-state index contributed by atoms with van der Waals surface area (Å²) in [5.41, 5.74) is 0.539. The zero-order valence-corrected chi connectivity index (χ0v) is 11.8. The third-order valence-electron chi connectivity index (χ3n) is 4.16. The van der Waals surface area contributed by atoms with Crippen molar-refractivity contribution < 1.29 is 13.2 Å². The van der Waals surface area contributed by atoms with Crippen molar-refractivity contribution >= 4 is 15.9 Å². The first kappa shape index (κ1) is 12.7. The molecule has 2 aliphatic carbocycles. The highest BCUT2D eigenvalue weighted by Gasteiger charge is 2.48. The molecule has 0 radical (unpaired) electrons. The molecule has 0 aromatic carbocycles. The fraction of sp³-hybridized carbons (Fsp3) is 0.667. The standard InChI is InChI=1S/C12H17N3O3S/c1-7-6-13-15(2)12(7)19(17,18)14-11(16)10-4-8-3-9(8)5-10/h6,8-10H,3-5H2,1-2H3,(H,14,16)/t8-,9+,10?. The van der Waals surface area contributed by atoms with Gasteiger partial charge in [0.05, 0.1) is 6.20 Å². The van der Waals surface area contributed by atoms with Crippen molar-refractivity contribution in [2.75, 3.05) is 0 Å². The van der Waals surface area contributed by atoms with E-state index in [1.54, 1.807) is 14.0 Å². The molecular formula is C12H17N3O3S. The van der Waals surface area contributed by atoms with Crippen LogP contribution in [0.5, 0.6) is 0 Å². The molecule has 0 aliphatic heterocycles. The van der Waals surface area contributed by atoms with E-state index in [1.165, 1.54) is 17.3 Å². The summed E-state index contributed by atoms with van der Waals surface area (Å²) in [4.78, 5) is 12.0. The zero-order chi connectivity index (χ0) is 13.8. The van der Waals surface area contributed by atoms with E-state index < -0.39 is 10.0 Å². The molecule has 1 heterocycles. The van der Waals surface area contributed by atoms with Crippen molar-refractivity contribution in [3.8, 4) is 0 Å². The maximum Gasteiger partial charge on any atom is 0.281 e. The molecule has 104 valence electrons. The lowest BCUT2D eigenvalue weighted by molar-refractivity contribution is -0.123. The molecule has 0 bridgehead atoms. The maximum atomic E-state index is 12.2. The van der Waals surface area contributed by atoms with Crippen LogP contribution in [0.1, 0.15) is 24.8 Å². The Bertz CT molecular complexity index is 605. The molecule has 0 spiro atoms. The molecule has 7 heteroatoms. The van der Waals surface area contributed by atoms with Gasteiger partial charge in [-0.2, -0.15) is 13.5 Å². The number of aryl methyl sites for hydroxylation is 2. The quantitative estimate of drug-likeness (QED) is 0.880. The van der Waals surface area contributed by atoms with Crippen molar-refractivity contribution in [1.29, 1.82) is 0 Å². The number of hydrogen-bond acceptors (Lipinski definition) is 4. The second kappa shape index (κ2) is 4.06. The first-order valence-corrected chi connectivity index (χ1v) is 7.92. The van der Waals surface area contributed by atoms with Gasteiger partial charge in [0.2, 0.25) is 5.91 Å². The Hall–Kier alpha value is -1.37. The molecule has 3 rings (SSSR count). The highest BCUT2D eigenvalue weighted by Crippen LogP contribution is 2.54. The summed E-state index contributed by atoms with van der Waals surface area (Å²) in [6.45, 7) is 1.66. The number of hydrogen-bond donors (Lipinski definition) is 1. The third-order valence-corrected chi connectivity index (χ3v) is 5.72. The summed E-state index contributed by atoms with van der Waals surface area (Å²) in [6, 6.07) is 0. The number of carbonyl (C=O) groups is 1. The topological polar surface area (TPSA) is 81.1 Å². The predicted molar refractivity (Wildman–Crippen MR) is 67.6 cm³/mol. The first-order valence-electron chi connectivity index (χ1n) is 6.43. The van der Waals surface area contributed by atoms with Crippen molar-refractivity contribution in [2.45, 2.75) is 31.2 Å². The van der Waals surface area contributed by atoms with Gasteiger partial charge in [-0.25, -0.2) is 4.72 Å². The fourth-order valence-electron chi connectivity index (χ4n) is 3.11. The van der Waals surface area contributed by atoms with Crippen LogP contribution < -0.4 is 4.72 Å². The molecule has 2 saturated carbocycles. The predicted octanol–water partition coefficient (Wildman–Crippen LogP) is 0.580. The Balaban J connectivity index is 1.76. The molecule has 1 amide bonds. The van der Waals surface area contributed by atoms with E-state index in [2.05, 4.69) is 9.82 Å². The van der Waals surface area contributed by atoms with E-state index in [4.69, 9.17) is 0 Å². The largest absolute Gasteiger partial charge is 0.281 e.